The molecule has 4 unspecified atom stereocenters. The van der Waals surface area contributed by atoms with Crippen LogP contribution in [0.5, 0.6) is 0 Å². The molecule has 190 valence electrons. The summed E-state index contributed by atoms with van der Waals surface area (Å²) in [6, 6.07) is 0. The molecule has 0 bridgehead atoms. The lowest BCUT2D eigenvalue weighted by Crippen LogP contribution is -2.42. The summed E-state index contributed by atoms with van der Waals surface area (Å²) in [6.07, 6.45) is 0.426. The first kappa shape index (κ1) is 27.3. The van der Waals surface area contributed by atoms with Crippen LogP contribution in [0.25, 0.3) is 0 Å². The van der Waals surface area contributed by atoms with Crippen LogP contribution in [0.1, 0.15) is 59.8 Å². The molecule has 1 aliphatic heterocycles. The van der Waals surface area contributed by atoms with Crippen molar-refractivity contribution in [3.63, 3.8) is 0 Å². The van der Waals surface area contributed by atoms with Crippen molar-refractivity contribution in [1.82, 2.24) is 0 Å². The first-order valence-electron chi connectivity index (χ1n) is 11.5. The Balaban J connectivity index is 2.06. The average Bonchev–Trinajstić information content (AvgIpc) is 3.19. The minimum atomic E-state index is -1.00. The fourth-order valence-corrected chi connectivity index (χ4v) is 3.67. The second-order valence-corrected chi connectivity index (χ2v) is 9.22. The fourth-order valence-electron chi connectivity index (χ4n) is 3.67. The van der Waals surface area contributed by atoms with Gasteiger partial charge < -0.3 is 23.7 Å². The maximum Gasteiger partial charge on any atom is 0.347 e. The van der Waals surface area contributed by atoms with Gasteiger partial charge in [-0.05, 0) is 46.5 Å². The molecule has 0 N–H and O–H groups in total. The quantitative estimate of drug-likeness (QED) is 0.198. The van der Waals surface area contributed by atoms with Crippen LogP contribution in [-0.4, -0.2) is 61.4 Å². The van der Waals surface area contributed by atoms with E-state index < -0.39 is 59.3 Å². The summed E-state index contributed by atoms with van der Waals surface area (Å²) in [7, 11) is 0. The normalized spacial score (nSPS) is 24.5. The second kappa shape index (κ2) is 12.0. The van der Waals surface area contributed by atoms with Gasteiger partial charge in [-0.3, -0.25) is 14.4 Å². The van der Waals surface area contributed by atoms with E-state index in [1.54, 1.807) is 13.8 Å². The molecule has 10 heteroatoms. The number of cyclic esters (lactones) is 1. The van der Waals surface area contributed by atoms with E-state index in [-0.39, 0.29) is 44.7 Å². The minimum absolute atomic E-state index is 0.0396. The van der Waals surface area contributed by atoms with Gasteiger partial charge in [-0.2, -0.15) is 0 Å². The van der Waals surface area contributed by atoms with Crippen LogP contribution in [0.3, 0.4) is 0 Å². The van der Waals surface area contributed by atoms with Gasteiger partial charge in [0.25, 0.3) is 0 Å². The highest BCUT2D eigenvalue weighted by Crippen LogP contribution is 2.37. The minimum Gasteiger partial charge on any atom is -0.463 e. The van der Waals surface area contributed by atoms with E-state index in [1.807, 2.05) is 6.92 Å². The van der Waals surface area contributed by atoms with Gasteiger partial charge >= 0.3 is 29.8 Å². The number of carbonyl (C=O) groups is 5. The van der Waals surface area contributed by atoms with Crippen molar-refractivity contribution in [2.75, 3.05) is 19.8 Å². The molecule has 2 fully saturated rings. The number of esters is 5. The largest absolute Gasteiger partial charge is 0.463 e. The Morgan fingerprint density at radius 3 is 2.26 bits per heavy atom. The van der Waals surface area contributed by atoms with Gasteiger partial charge in [0.1, 0.15) is 18.8 Å². The fraction of sp³-hybridized carbons (Fsp3) is 0.708. The summed E-state index contributed by atoms with van der Waals surface area (Å²) >= 11 is 0. The van der Waals surface area contributed by atoms with Crippen LogP contribution in [-0.2, 0) is 47.7 Å². The van der Waals surface area contributed by atoms with Crippen molar-refractivity contribution >= 4 is 29.8 Å². The van der Waals surface area contributed by atoms with Gasteiger partial charge in [-0.1, -0.05) is 13.5 Å². The standard InChI is InChI=1S/C24H34O10/c1-6-24(4,5)34-20(26)15-7-8-16(22(28)33-18-9-10-30-23(18)29)17(13-15)21(27)32-12-11-31-19(25)14(2)3/h15-18H,2,6-13H2,1,3-5H3. The van der Waals surface area contributed by atoms with E-state index in [1.165, 1.54) is 6.92 Å². The molecule has 0 aromatic rings. The maximum absolute atomic E-state index is 12.9. The molecule has 0 spiro atoms. The van der Waals surface area contributed by atoms with Crippen LogP contribution in [0.2, 0.25) is 0 Å². The van der Waals surface area contributed by atoms with Gasteiger partial charge in [0, 0.05) is 12.0 Å². The number of ether oxygens (including phenoxy) is 5. The maximum atomic E-state index is 12.9. The highest BCUT2D eigenvalue weighted by molar-refractivity contribution is 5.87. The van der Waals surface area contributed by atoms with Crippen molar-refractivity contribution in [2.45, 2.75) is 71.5 Å². The van der Waals surface area contributed by atoms with E-state index >= 15 is 0 Å². The van der Waals surface area contributed by atoms with Crippen LogP contribution >= 0.6 is 0 Å². The van der Waals surface area contributed by atoms with E-state index in [4.69, 9.17) is 23.7 Å². The molecule has 1 saturated heterocycles. The predicted octanol–water partition coefficient (Wildman–Crippen LogP) is 2.27. The lowest BCUT2D eigenvalue weighted by molar-refractivity contribution is -0.175. The second-order valence-electron chi connectivity index (χ2n) is 9.22. The zero-order chi connectivity index (χ0) is 25.5. The lowest BCUT2D eigenvalue weighted by atomic mass is 9.74. The van der Waals surface area contributed by atoms with Crippen LogP contribution in [0, 0.1) is 17.8 Å². The molecular formula is C24H34O10. The zero-order valence-electron chi connectivity index (χ0n) is 20.3. The molecule has 0 aromatic heterocycles. The highest BCUT2D eigenvalue weighted by Gasteiger charge is 2.45. The smallest absolute Gasteiger partial charge is 0.347 e. The van der Waals surface area contributed by atoms with E-state index in [9.17, 15) is 24.0 Å². The van der Waals surface area contributed by atoms with Crippen LogP contribution in [0.4, 0.5) is 0 Å². The molecule has 10 nitrogen and oxygen atoms in total. The molecular weight excluding hydrogens is 448 g/mol. The summed E-state index contributed by atoms with van der Waals surface area (Å²) < 4.78 is 25.9. The number of hydrogen-bond donors (Lipinski definition) is 0. The van der Waals surface area contributed by atoms with Crippen molar-refractivity contribution < 1.29 is 47.7 Å². The Hall–Kier alpha value is -2.91. The highest BCUT2D eigenvalue weighted by atomic mass is 16.6. The Bertz CT molecular complexity index is 815. The molecule has 2 rings (SSSR count). The number of carbonyl (C=O) groups excluding carboxylic acids is 5. The predicted molar refractivity (Wildman–Crippen MR) is 117 cm³/mol. The Morgan fingerprint density at radius 2 is 1.68 bits per heavy atom. The van der Waals surface area contributed by atoms with Gasteiger partial charge in [0.2, 0.25) is 6.10 Å². The molecule has 0 aromatic carbocycles. The first-order valence-corrected chi connectivity index (χ1v) is 11.5. The summed E-state index contributed by atoms with van der Waals surface area (Å²) in [5, 5.41) is 0. The molecule has 2 aliphatic rings. The van der Waals surface area contributed by atoms with E-state index in [0.717, 1.165) is 0 Å². The molecule has 1 heterocycles. The summed E-state index contributed by atoms with van der Waals surface area (Å²) in [6.45, 7) is 10.2. The monoisotopic (exact) mass is 482 g/mol. The van der Waals surface area contributed by atoms with Gasteiger partial charge in [-0.15, -0.1) is 0 Å². The van der Waals surface area contributed by atoms with Crippen molar-refractivity contribution in [2.24, 2.45) is 17.8 Å². The summed E-state index contributed by atoms with van der Waals surface area (Å²) in [5.74, 6) is -5.54. The molecule has 1 saturated carbocycles. The van der Waals surface area contributed by atoms with Crippen molar-refractivity contribution in [3.05, 3.63) is 12.2 Å². The van der Waals surface area contributed by atoms with E-state index in [2.05, 4.69) is 6.58 Å². The molecule has 34 heavy (non-hydrogen) atoms. The Morgan fingerprint density at radius 1 is 1.00 bits per heavy atom. The third-order valence-corrected chi connectivity index (χ3v) is 6.07. The topological polar surface area (TPSA) is 132 Å². The number of hydrogen-bond acceptors (Lipinski definition) is 10. The van der Waals surface area contributed by atoms with Crippen molar-refractivity contribution in [3.8, 4) is 0 Å². The van der Waals surface area contributed by atoms with Gasteiger partial charge in [0.05, 0.1) is 24.4 Å². The summed E-state index contributed by atoms with van der Waals surface area (Å²) in [5.41, 5.74) is -0.443. The van der Waals surface area contributed by atoms with Gasteiger partial charge in [-0.25, -0.2) is 9.59 Å². The SMILES string of the molecule is C=C(C)C(=O)OCCOC(=O)C1CC(C(=O)OC(C)(C)CC)CCC1C(=O)OC1CCOC1=O. The zero-order valence-corrected chi connectivity index (χ0v) is 20.3. The van der Waals surface area contributed by atoms with Gasteiger partial charge in [0.15, 0.2) is 0 Å². The third kappa shape index (κ3) is 7.56. The summed E-state index contributed by atoms with van der Waals surface area (Å²) in [4.78, 5) is 61.6. The Kier molecular flexibility index (Phi) is 9.64. The Labute approximate surface area is 199 Å². The van der Waals surface area contributed by atoms with Crippen molar-refractivity contribution in [1.29, 1.82) is 0 Å². The number of rotatable bonds is 10. The first-order chi connectivity index (χ1) is 15.9. The van der Waals surface area contributed by atoms with Crippen LogP contribution < -0.4 is 0 Å². The lowest BCUT2D eigenvalue weighted by Gasteiger charge is -2.34. The van der Waals surface area contributed by atoms with Crippen LogP contribution in [0.15, 0.2) is 12.2 Å². The van der Waals surface area contributed by atoms with E-state index in [0.29, 0.717) is 12.8 Å². The molecule has 0 amide bonds. The average molecular weight is 483 g/mol. The molecule has 0 radical (unpaired) electrons. The molecule has 4 atom stereocenters. The molecule has 1 aliphatic carbocycles. The third-order valence-electron chi connectivity index (χ3n) is 6.07.